The molecule has 0 amide bonds. The molecule has 0 spiro atoms. The zero-order chi connectivity index (χ0) is 57.8. The van der Waals surface area contributed by atoms with Gasteiger partial charge in [0.25, 0.3) is 0 Å². The summed E-state index contributed by atoms with van der Waals surface area (Å²) in [6.45, 7) is 6.59. The molecule has 80 heavy (non-hydrogen) atoms. The van der Waals surface area contributed by atoms with E-state index in [1.165, 1.54) is 238 Å². The van der Waals surface area contributed by atoms with E-state index in [-0.39, 0.29) is 31.1 Å². The number of unbranched alkanes of at least 4 members (excludes halogenated alkanes) is 44. The molecule has 466 valence electrons. The van der Waals surface area contributed by atoms with E-state index in [0.29, 0.717) is 19.3 Å². The van der Waals surface area contributed by atoms with Crippen LogP contribution >= 0.6 is 0 Å². The van der Waals surface area contributed by atoms with Crippen LogP contribution in [0.1, 0.15) is 374 Å². The summed E-state index contributed by atoms with van der Waals surface area (Å²) in [5, 5.41) is 0. The SMILES string of the molecule is CC/C=C\C/C=C\C/C=C\C/C=C\C/C=C\CCCCCCCCCCCC(=O)OCC(COC(=O)CCCCCCCCCCCCCCC)OC(=O)CCCCCCCCCCCCCCCCCCCCCCCCCC. The highest BCUT2D eigenvalue weighted by Gasteiger charge is 2.19. The van der Waals surface area contributed by atoms with E-state index in [1.54, 1.807) is 0 Å². The highest BCUT2D eigenvalue weighted by molar-refractivity contribution is 5.71. The van der Waals surface area contributed by atoms with Gasteiger partial charge in [0.05, 0.1) is 0 Å². The average Bonchev–Trinajstić information content (AvgIpc) is 3.46. The summed E-state index contributed by atoms with van der Waals surface area (Å²) in [4.78, 5) is 38.4. The van der Waals surface area contributed by atoms with Gasteiger partial charge < -0.3 is 14.2 Å². The van der Waals surface area contributed by atoms with E-state index in [4.69, 9.17) is 14.2 Å². The molecule has 0 aliphatic rings. The van der Waals surface area contributed by atoms with Crippen LogP contribution in [0.4, 0.5) is 0 Å². The van der Waals surface area contributed by atoms with Gasteiger partial charge in [-0.1, -0.05) is 351 Å². The lowest BCUT2D eigenvalue weighted by Gasteiger charge is -2.18. The average molecular weight is 1120 g/mol. The van der Waals surface area contributed by atoms with Crippen molar-refractivity contribution in [1.29, 1.82) is 0 Å². The Labute approximate surface area is 498 Å². The van der Waals surface area contributed by atoms with E-state index >= 15 is 0 Å². The number of carbonyl (C=O) groups is 3. The number of hydrogen-bond donors (Lipinski definition) is 0. The fraction of sp³-hybridized carbons (Fsp3) is 0.824. The van der Waals surface area contributed by atoms with Crippen LogP contribution in [0.25, 0.3) is 0 Å². The molecule has 1 unspecified atom stereocenters. The lowest BCUT2D eigenvalue weighted by Crippen LogP contribution is -2.30. The number of esters is 3. The molecule has 6 nitrogen and oxygen atoms in total. The summed E-state index contributed by atoms with van der Waals surface area (Å²) >= 11 is 0. The van der Waals surface area contributed by atoms with Crippen LogP contribution in [0.5, 0.6) is 0 Å². The molecule has 1 atom stereocenters. The number of carbonyl (C=O) groups excluding carboxylic acids is 3. The Kier molecular flexibility index (Phi) is 66.1. The quantitative estimate of drug-likeness (QED) is 0.0261. The van der Waals surface area contributed by atoms with Crippen LogP contribution in [0.2, 0.25) is 0 Å². The predicted octanol–water partition coefficient (Wildman–Crippen LogP) is 24.3. The second kappa shape index (κ2) is 68.6. The number of hydrogen-bond acceptors (Lipinski definition) is 6. The molecule has 0 aromatic heterocycles. The minimum absolute atomic E-state index is 0.0703. The molecular weight excluding hydrogens is 985 g/mol. The van der Waals surface area contributed by atoms with Crippen LogP contribution < -0.4 is 0 Å². The van der Waals surface area contributed by atoms with E-state index < -0.39 is 6.10 Å². The minimum atomic E-state index is -0.775. The topological polar surface area (TPSA) is 78.9 Å². The first-order valence-corrected chi connectivity index (χ1v) is 35.3. The molecule has 0 heterocycles. The Bertz CT molecular complexity index is 1430. The van der Waals surface area contributed by atoms with Crippen molar-refractivity contribution in [3.8, 4) is 0 Å². The van der Waals surface area contributed by atoms with Gasteiger partial charge in [-0.05, 0) is 64.2 Å². The van der Waals surface area contributed by atoms with Crippen molar-refractivity contribution < 1.29 is 28.6 Å². The van der Waals surface area contributed by atoms with Gasteiger partial charge in [-0.25, -0.2) is 0 Å². The minimum Gasteiger partial charge on any atom is -0.462 e. The molecule has 0 rings (SSSR count). The van der Waals surface area contributed by atoms with Crippen LogP contribution in [0, 0.1) is 0 Å². The number of rotatable bonds is 65. The molecule has 0 saturated heterocycles. The molecular formula is C74H134O6. The van der Waals surface area contributed by atoms with E-state index in [1.807, 2.05) is 0 Å². The maximum absolute atomic E-state index is 13.0. The molecule has 0 radical (unpaired) electrons. The molecule has 0 aliphatic heterocycles. The van der Waals surface area contributed by atoms with Crippen LogP contribution in [-0.2, 0) is 28.6 Å². The van der Waals surface area contributed by atoms with Crippen molar-refractivity contribution in [2.24, 2.45) is 0 Å². The van der Waals surface area contributed by atoms with Gasteiger partial charge in [-0.3, -0.25) is 14.4 Å². The molecule has 6 heteroatoms. The van der Waals surface area contributed by atoms with Gasteiger partial charge in [-0.2, -0.15) is 0 Å². The molecule has 0 aromatic carbocycles. The van der Waals surface area contributed by atoms with Crippen molar-refractivity contribution in [3.05, 3.63) is 60.8 Å². The molecule has 0 aromatic rings. The first-order valence-electron chi connectivity index (χ1n) is 35.3. The fourth-order valence-corrected chi connectivity index (χ4v) is 10.5. The molecule has 0 fully saturated rings. The second-order valence-corrected chi connectivity index (χ2v) is 23.8. The summed E-state index contributed by atoms with van der Waals surface area (Å²) in [7, 11) is 0. The van der Waals surface area contributed by atoms with E-state index in [2.05, 4.69) is 81.5 Å². The lowest BCUT2D eigenvalue weighted by molar-refractivity contribution is -0.167. The van der Waals surface area contributed by atoms with Gasteiger partial charge >= 0.3 is 17.9 Å². The lowest BCUT2D eigenvalue weighted by atomic mass is 10.0. The van der Waals surface area contributed by atoms with Crippen molar-refractivity contribution in [2.75, 3.05) is 13.2 Å². The monoisotopic (exact) mass is 1120 g/mol. The van der Waals surface area contributed by atoms with Crippen molar-refractivity contribution in [1.82, 2.24) is 0 Å². The molecule has 0 N–H and O–H groups in total. The molecule has 0 bridgehead atoms. The van der Waals surface area contributed by atoms with Crippen LogP contribution in [0.3, 0.4) is 0 Å². The van der Waals surface area contributed by atoms with Gasteiger partial charge in [0.2, 0.25) is 0 Å². The second-order valence-electron chi connectivity index (χ2n) is 23.8. The standard InChI is InChI=1S/C74H134O6/c1-4-7-10-13-16-19-22-25-27-29-31-33-35-37-39-40-42-44-46-49-52-55-58-61-64-67-73(76)79-70-71(69-78-72(75)66-63-60-57-54-51-48-24-21-18-15-12-9-6-3)80-74(77)68-65-62-59-56-53-50-47-45-43-41-38-36-34-32-30-28-26-23-20-17-14-11-8-5-2/h7,10,16,19,25,27,31,33,37,39,71H,4-6,8-9,11-15,17-18,20-24,26,28-30,32,34-36,38,40-70H2,1-3H3/b10-7-,19-16-,27-25-,33-31-,39-37-. The summed E-state index contributed by atoms with van der Waals surface area (Å²) in [5.41, 5.74) is 0. The molecule has 0 aliphatic carbocycles. The third-order valence-electron chi connectivity index (χ3n) is 15.8. The Balaban J connectivity index is 4.26. The van der Waals surface area contributed by atoms with Gasteiger partial charge in [0, 0.05) is 19.3 Å². The highest BCUT2D eigenvalue weighted by Crippen LogP contribution is 2.18. The highest BCUT2D eigenvalue weighted by atomic mass is 16.6. The summed E-state index contributed by atoms with van der Waals surface area (Å²) in [5.74, 6) is -0.851. The van der Waals surface area contributed by atoms with Crippen LogP contribution in [-0.4, -0.2) is 37.2 Å². The van der Waals surface area contributed by atoms with Gasteiger partial charge in [0.15, 0.2) is 6.10 Å². The van der Waals surface area contributed by atoms with E-state index in [9.17, 15) is 14.4 Å². The van der Waals surface area contributed by atoms with Crippen molar-refractivity contribution in [3.63, 3.8) is 0 Å². The normalized spacial score (nSPS) is 12.4. The van der Waals surface area contributed by atoms with Crippen molar-refractivity contribution >= 4 is 17.9 Å². The maximum Gasteiger partial charge on any atom is 0.306 e. The van der Waals surface area contributed by atoms with Gasteiger partial charge in [-0.15, -0.1) is 0 Å². The smallest absolute Gasteiger partial charge is 0.306 e. The van der Waals surface area contributed by atoms with Crippen molar-refractivity contribution in [2.45, 2.75) is 380 Å². The summed E-state index contributed by atoms with van der Waals surface area (Å²) in [6, 6.07) is 0. The summed E-state index contributed by atoms with van der Waals surface area (Å²) in [6.07, 6.45) is 88.2. The number of allylic oxidation sites excluding steroid dienone is 10. The fourth-order valence-electron chi connectivity index (χ4n) is 10.5. The third-order valence-corrected chi connectivity index (χ3v) is 15.8. The first-order chi connectivity index (χ1) is 39.5. The zero-order valence-corrected chi connectivity index (χ0v) is 53.6. The Morgan fingerprint density at radius 1 is 0.263 bits per heavy atom. The van der Waals surface area contributed by atoms with Crippen LogP contribution in [0.15, 0.2) is 60.8 Å². The zero-order valence-electron chi connectivity index (χ0n) is 53.6. The Morgan fingerprint density at radius 2 is 0.487 bits per heavy atom. The maximum atomic E-state index is 13.0. The Morgan fingerprint density at radius 3 is 0.762 bits per heavy atom. The third kappa shape index (κ3) is 65.9. The first kappa shape index (κ1) is 77.1. The Hall–Kier alpha value is -2.89. The predicted molar refractivity (Wildman–Crippen MR) is 348 cm³/mol. The van der Waals surface area contributed by atoms with Gasteiger partial charge in [0.1, 0.15) is 13.2 Å². The van der Waals surface area contributed by atoms with E-state index in [0.717, 1.165) is 96.3 Å². The summed E-state index contributed by atoms with van der Waals surface area (Å²) < 4.78 is 17.0. The largest absolute Gasteiger partial charge is 0.462 e. The molecule has 0 saturated carbocycles. The number of ether oxygens (including phenoxy) is 3.